The Kier molecular flexibility index (Phi) is 11.3. The maximum atomic E-state index is 14.2. The first-order valence-corrected chi connectivity index (χ1v) is 16.9. The number of anilines is 1. The Labute approximate surface area is 267 Å². The number of carbonyl (C=O) groups is 2. The van der Waals surface area contributed by atoms with Crippen LogP contribution in [-0.4, -0.2) is 50.0 Å². The number of hydrogen-bond donors (Lipinski definition) is 1. The number of amides is 2. The van der Waals surface area contributed by atoms with E-state index in [1.165, 1.54) is 41.3 Å². The summed E-state index contributed by atoms with van der Waals surface area (Å²) in [5.74, 6) is -1.45. The predicted molar refractivity (Wildman–Crippen MR) is 170 cm³/mol. The number of rotatable bonds is 11. The van der Waals surface area contributed by atoms with Crippen molar-refractivity contribution in [2.24, 2.45) is 0 Å². The Morgan fingerprint density at radius 3 is 2.16 bits per heavy atom. The molecular formula is C31H33Cl3FN3O4S. The normalized spacial score (nSPS) is 14.6. The van der Waals surface area contributed by atoms with Crippen LogP contribution in [0, 0.1) is 5.82 Å². The van der Waals surface area contributed by atoms with Crippen LogP contribution in [0.2, 0.25) is 15.1 Å². The van der Waals surface area contributed by atoms with Crippen molar-refractivity contribution < 1.29 is 22.4 Å². The van der Waals surface area contributed by atoms with Crippen molar-refractivity contribution in [3.05, 3.63) is 98.7 Å². The molecule has 230 valence electrons. The number of halogens is 4. The Balaban J connectivity index is 1.74. The van der Waals surface area contributed by atoms with Crippen LogP contribution in [0.25, 0.3) is 0 Å². The van der Waals surface area contributed by atoms with Crippen LogP contribution in [0.4, 0.5) is 10.1 Å². The van der Waals surface area contributed by atoms with Gasteiger partial charge in [-0.1, -0.05) is 96.5 Å². The quantitative estimate of drug-likeness (QED) is 0.232. The van der Waals surface area contributed by atoms with E-state index in [1.54, 1.807) is 0 Å². The summed E-state index contributed by atoms with van der Waals surface area (Å²) in [5, 5.41) is 3.29. The van der Waals surface area contributed by atoms with Gasteiger partial charge in [-0.3, -0.25) is 13.9 Å². The first kappa shape index (κ1) is 33.1. The van der Waals surface area contributed by atoms with Gasteiger partial charge in [-0.2, -0.15) is 0 Å². The molecule has 0 heterocycles. The zero-order valence-electron chi connectivity index (χ0n) is 23.6. The third-order valence-electron chi connectivity index (χ3n) is 7.43. The van der Waals surface area contributed by atoms with E-state index in [4.69, 9.17) is 34.8 Å². The van der Waals surface area contributed by atoms with Gasteiger partial charge >= 0.3 is 0 Å². The second kappa shape index (κ2) is 14.8. The lowest BCUT2D eigenvalue weighted by Gasteiger charge is -2.35. The van der Waals surface area contributed by atoms with Gasteiger partial charge in [0.1, 0.15) is 18.4 Å². The summed E-state index contributed by atoms with van der Waals surface area (Å²) in [7, 11) is -4.06. The molecule has 1 aliphatic rings. The summed E-state index contributed by atoms with van der Waals surface area (Å²) in [6.07, 6.45) is 5.91. The number of sulfonamides is 1. The van der Waals surface area contributed by atoms with Crippen molar-refractivity contribution in [2.45, 2.75) is 57.2 Å². The molecule has 3 aromatic rings. The van der Waals surface area contributed by atoms with Crippen LogP contribution in [0.3, 0.4) is 0 Å². The number of benzene rings is 3. The van der Waals surface area contributed by atoms with Crippen molar-refractivity contribution in [1.82, 2.24) is 10.2 Å². The molecule has 1 aliphatic carbocycles. The molecule has 3 aromatic carbocycles. The van der Waals surface area contributed by atoms with Gasteiger partial charge in [-0.05, 0) is 48.2 Å². The molecule has 1 atom stereocenters. The van der Waals surface area contributed by atoms with Crippen LogP contribution >= 0.6 is 34.8 Å². The van der Waals surface area contributed by atoms with Crippen LogP contribution in [-0.2, 0) is 32.6 Å². The van der Waals surface area contributed by atoms with Crippen LogP contribution in [0.5, 0.6) is 0 Å². The second-order valence-electron chi connectivity index (χ2n) is 10.7. The van der Waals surface area contributed by atoms with E-state index < -0.39 is 34.3 Å². The summed E-state index contributed by atoms with van der Waals surface area (Å²) in [4.78, 5) is 29.5. The van der Waals surface area contributed by atoms with Gasteiger partial charge in [-0.15, -0.1) is 0 Å². The molecule has 43 heavy (non-hydrogen) atoms. The third-order valence-corrected chi connectivity index (χ3v) is 9.58. The Morgan fingerprint density at radius 1 is 0.907 bits per heavy atom. The highest BCUT2D eigenvalue weighted by molar-refractivity contribution is 7.92. The maximum absolute atomic E-state index is 14.2. The molecule has 7 nitrogen and oxygen atoms in total. The molecule has 2 amide bonds. The minimum absolute atomic E-state index is 0.0198. The van der Waals surface area contributed by atoms with E-state index in [2.05, 4.69) is 5.32 Å². The highest BCUT2D eigenvalue weighted by Crippen LogP contribution is 2.35. The molecule has 0 radical (unpaired) electrons. The second-order valence-corrected chi connectivity index (χ2v) is 13.8. The molecule has 4 rings (SSSR count). The van der Waals surface area contributed by atoms with E-state index in [0.29, 0.717) is 5.56 Å². The molecule has 0 aliphatic heterocycles. The molecule has 0 spiro atoms. The molecule has 0 saturated heterocycles. The number of hydrogen-bond acceptors (Lipinski definition) is 4. The first-order chi connectivity index (χ1) is 20.4. The highest BCUT2D eigenvalue weighted by Gasteiger charge is 2.34. The van der Waals surface area contributed by atoms with E-state index in [-0.39, 0.29) is 45.7 Å². The van der Waals surface area contributed by atoms with E-state index in [0.717, 1.165) is 48.2 Å². The number of nitrogens with zero attached hydrogens (tertiary/aromatic N) is 2. The van der Waals surface area contributed by atoms with E-state index >= 15 is 0 Å². The van der Waals surface area contributed by atoms with Gasteiger partial charge in [0.25, 0.3) is 0 Å². The van der Waals surface area contributed by atoms with Gasteiger partial charge in [0, 0.05) is 19.0 Å². The standard InChI is InChI=1S/C31H33Cl3FN3O4S/c1-43(41,42)38(28-18-26(33)25(32)17-27(28)34)20-30(39)37(19-22-12-14-23(35)15-13-22)29(16-21-8-4-2-5-9-21)31(40)36-24-10-6-3-7-11-24/h2,4-5,8-9,12-15,17-18,24,29H,3,6-7,10-11,16,19-20H2,1H3,(H,36,40)/t29-/m1/s1. The van der Waals surface area contributed by atoms with Crippen molar-refractivity contribution in [2.75, 3.05) is 17.1 Å². The molecular weight excluding hydrogens is 636 g/mol. The Bertz CT molecular complexity index is 1540. The number of carbonyl (C=O) groups excluding carboxylic acids is 2. The molecule has 1 fully saturated rings. The zero-order valence-corrected chi connectivity index (χ0v) is 26.7. The third kappa shape index (κ3) is 9.08. The summed E-state index contributed by atoms with van der Waals surface area (Å²) < 4.78 is 40.6. The average molecular weight is 669 g/mol. The largest absolute Gasteiger partial charge is 0.352 e. The summed E-state index contributed by atoms with van der Waals surface area (Å²) >= 11 is 18.6. The number of nitrogens with one attached hydrogen (secondary N) is 1. The van der Waals surface area contributed by atoms with Gasteiger partial charge in [-0.25, -0.2) is 12.8 Å². The van der Waals surface area contributed by atoms with Gasteiger partial charge < -0.3 is 10.2 Å². The SMILES string of the molecule is CS(=O)(=O)N(CC(=O)N(Cc1ccc(F)cc1)[C@H](Cc1ccccc1)C(=O)NC1CCCCC1)c1cc(Cl)c(Cl)cc1Cl. The monoisotopic (exact) mass is 667 g/mol. The topological polar surface area (TPSA) is 86.8 Å². The lowest BCUT2D eigenvalue weighted by molar-refractivity contribution is -0.140. The summed E-state index contributed by atoms with van der Waals surface area (Å²) in [6, 6.07) is 16.4. The minimum Gasteiger partial charge on any atom is -0.352 e. The van der Waals surface area contributed by atoms with Crippen molar-refractivity contribution in [3.8, 4) is 0 Å². The van der Waals surface area contributed by atoms with Crippen LogP contribution in [0.1, 0.15) is 43.2 Å². The van der Waals surface area contributed by atoms with Crippen molar-refractivity contribution in [3.63, 3.8) is 0 Å². The van der Waals surface area contributed by atoms with Gasteiger partial charge in [0.2, 0.25) is 21.8 Å². The predicted octanol–water partition coefficient (Wildman–Crippen LogP) is 6.64. The van der Waals surface area contributed by atoms with E-state index in [1.807, 2.05) is 30.3 Å². The molecule has 1 N–H and O–H groups in total. The van der Waals surface area contributed by atoms with Crippen LogP contribution < -0.4 is 9.62 Å². The Hall–Kier alpha value is -2.85. The fourth-order valence-electron chi connectivity index (χ4n) is 5.18. The molecule has 0 aromatic heterocycles. The molecule has 1 saturated carbocycles. The minimum atomic E-state index is -4.06. The van der Waals surface area contributed by atoms with Gasteiger partial charge in [0.15, 0.2) is 0 Å². The zero-order chi connectivity index (χ0) is 31.1. The molecule has 0 unspecified atom stereocenters. The first-order valence-electron chi connectivity index (χ1n) is 13.9. The lowest BCUT2D eigenvalue weighted by atomic mass is 9.94. The van der Waals surface area contributed by atoms with Gasteiger partial charge in [0.05, 0.1) is 27.0 Å². The fraction of sp³-hybridized carbons (Fsp3) is 0.355. The average Bonchev–Trinajstić information content (AvgIpc) is 2.97. The Morgan fingerprint density at radius 2 is 1.53 bits per heavy atom. The van der Waals surface area contributed by atoms with Crippen LogP contribution in [0.15, 0.2) is 66.7 Å². The highest BCUT2D eigenvalue weighted by atomic mass is 35.5. The molecule has 12 heteroatoms. The summed E-state index contributed by atoms with van der Waals surface area (Å²) in [5.41, 5.74) is 1.35. The van der Waals surface area contributed by atoms with Crippen molar-refractivity contribution >= 4 is 62.3 Å². The van der Waals surface area contributed by atoms with Crippen molar-refractivity contribution in [1.29, 1.82) is 0 Å². The fourth-order valence-corrected chi connectivity index (χ4v) is 6.73. The van der Waals surface area contributed by atoms with E-state index in [9.17, 15) is 22.4 Å². The summed E-state index contributed by atoms with van der Waals surface area (Å²) in [6.45, 7) is -0.735. The lowest BCUT2D eigenvalue weighted by Crippen LogP contribution is -2.55. The smallest absolute Gasteiger partial charge is 0.244 e. The maximum Gasteiger partial charge on any atom is 0.244 e. The molecule has 0 bridgehead atoms.